The number of benzene rings is 3. The third kappa shape index (κ3) is 4.78. The van der Waals surface area contributed by atoms with Crippen LogP contribution in [0.25, 0.3) is 6.08 Å². The largest absolute Gasteiger partial charge is 0.497 e. The van der Waals surface area contributed by atoms with Crippen LogP contribution in [0.2, 0.25) is 0 Å². The minimum atomic E-state index is -0.946. The minimum Gasteiger partial charge on any atom is -0.497 e. The van der Waals surface area contributed by atoms with Gasteiger partial charge in [0.05, 0.1) is 14.2 Å². The molecule has 1 heterocycles. The Hall–Kier alpha value is -3.18. The normalized spacial score (nSPS) is 17.9. The number of rotatable bonds is 6. The predicted octanol–water partition coefficient (Wildman–Crippen LogP) is 6.17. The molecular formula is C26H24O4S. The van der Waals surface area contributed by atoms with E-state index in [1.807, 2.05) is 42.1 Å². The second-order valence-corrected chi connectivity index (χ2v) is 8.65. The predicted molar refractivity (Wildman–Crippen MR) is 124 cm³/mol. The first-order valence-corrected chi connectivity index (χ1v) is 10.9. The SMILES string of the molecule is COc1ccc(C2CC(c3ccc(C=CC(=O)O)cc3)c3ccc(OC)cc3S2)cc1. The van der Waals surface area contributed by atoms with Crippen LogP contribution in [-0.2, 0) is 4.79 Å². The molecule has 0 saturated heterocycles. The number of ether oxygens (including phenoxy) is 2. The number of hydrogen-bond donors (Lipinski definition) is 1. The van der Waals surface area contributed by atoms with Gasteiger partial charge in [-0.05, 0) is 59.0 Å². The third-order valence-electron chi connectivity index (χ3n) is 5.56. The van der Waals surface area contributed by atoms with Crippen molar-refractivity contribution in [1.29, 1.82) is 0 Å². The number of carboxylic acids is 1. The average molecular weight is 433 g/mol. The summed E-state index contributed by atoms with van der Waals surface area (Å²) in [4.78, 5) is 12.0. The van der Waals surface area contributed by atoms with E-state index in [0.717, 1.165) is 29.6 Å². The van der Waals surface area contributed by atoms with Crippen LogP contribution in [0, 0.1) is 0 Å². The van der Waals surface area contributed by atoms with Crippen molar-refractivity contribution in [2.24, 2.45) is 0 Å². The quantitative estimate of drug-likeness (QED) is 0.472. The van der Waals surface area contributed by atoms with Crippen molar-refractivity contribution in [3.63, 3.8) is 0 Å². The Balaban J connectivity index is 1.69. The summed E-state index contributed by atoms with van der Waals surface area (Å²) in [5.74, 6) is 1.01. The fourth-order valence-corrected chi connectivity index (χ4v) is 5.34. The molecule has 1 aliphatic heterocycles. The molecule has 0 aromatic heterocycles. The lowest BCUT2D eigenvalue weighted by Crippen LogP contribution is -2.12. The molecule has 31 heavy (non-hydrogen) atoms. The molecule has 4 nitrogen and oxygen atoms in total. The molecule has 2 unspecified atom stereocenters. The molecule has 5 heteroatoms. The van der Waals surface area contributed by atoms with Crippen molar-refractivity contribution in [1.82, 2.24) is 0 Å². The first kappa shape index (κ1) is 21.1. The standard InChI is InChI=1S/C26H24O4S/c1-29-20-10-8-19(9-11-20)24-16-23(22-13-12-21(30-2)15-25(22)31-24)18-6-3-17(4-7-18)5-14-26(27)28/h3-15,23-24H,16H2,1-2H3,(H,27,28). The second kappa shape index (κ2) is 9.31. The summed E-state index contributed by atoms with van der Waals surface area (Å²) < 4.78 is 10.8. The van der Waals surface area contributed by atoms with Crippen LogP contribution in [0.15, 0.2) is 77.7 Å². The van der Waals surface area contributed by atoms with Gasteiger partial charge >= 0.3 is 5.97 Å². The summed E-state index contributed by atoms with van der Waals surface area (Å²) in [6.45, 7) is 0. The zero-order chi connectivity index (χ0) is 21.8. The van der Waals surface area contributed by atoms with Gasteiger partial charge in [-0.3, -0.25) is 0 Å². The van der Waals surface area contributed by atoms with Gasteiger partial charge in [-0.1, -0.05) is 42.5 Å². The number of thioether (sulfide) groups is 1. The maximum atomic E-state index is 10.8. The summed E-state index contributed by atoms with van der Waals surface area (Å²) in [7, 11) is 3.37. The van der Waals surface area contributed by atoms with Gasteiger partial charge in [-0.2, -0.15) is 0 Å². The van der Waals surface area contributed by atoms with E-state index in [-0.39, 0.29) is 5.92 Å². The molecule has 2 atom stereocenters. The van der Waals surface area contributed by atoms with Gasteiger partial charge in [-0.15, -0.1) is 11.8 Å². The first-order chi connectivity index (χ1) is 15.1. The van der Waals surface area contributed by atoms with Crippen LogP contribution < -0.4 is 9.47 Å². The number of hydrogen-bond acceptors (Lipinski definition) is 4. The fourth-order valence-electron chi connectivity index (χ4n) is 3.92. The number of fused-ring (bicyclic) bond motifs is 1. The van der Waals surface area contributed by atoms with Crippen LogP contribution in [-0.4, -0.2) is 25.3 Å². The summed E-state index contributed by atoms with van der Waals surface area (Å²) in [6.07, 6.45) is 3.75. The average Bonchev–Trinajstić information content (AvgIpc) is 2.82. The monoisotopic (exact) mass is 432 g/mol. The highest BCUT2D eigenvalue weighted by Gasteiger charge is 2.30. The molecule has 0 spiro atoms. The van der Waals surface area contributed by atoms with Crippen molar-refractivity contribution >= 4 is 23.8 Å². The lowest BCUT2D eigenvalue weighted by Gasteiger charge is -2.32. The van der Waals surface area contributed by atoms with Crippen molar-refractivity contribution in [2.45, 2.75) is 22.5 Å². The molecular weight excluding hydrogens is 408 g/mol. The highest BCUT2D eigenvalue weighted by Crippen LogP contribution is 2.52. The van der Waals surface area contributed by atoms with Crippen LogP contribution in [0.1, 0.15) is 39.8 Å². The number of methoxy groups -OCH3 is 2. The Morgan fingerprint density at radius 1 is 0.935 bits per heavy atom. The molecule has 1 aliphatic rings. The Morgan fingerprint density at radius 2 is 1.58 bits per heavy atom. The third-order valence-corrected chi connectivity index (χ3v) is 6.92. The van der Waals surface area contributed by atoms with E-state index in [4.69, 9.17) is 14.6 Å². The molecule has 1 N–H and O–H groups in total. The lowest BCUT2D eigenvalue weighted by molar-refractivity contribution is -0.131. The van der Waals surface area contributed by atoms with Gasteiger partial charge in [0.15, 0.2) is 0 Å². The van der Waals surface area contributed by atoms with Crippen molar-refractivity contribution in [3.8, 4) is 11.5 Å². The van der Waals surface area contributed by atoms with E-state index in [2.05, 4.69) is 36.4 Å². The first-order valence-electron chi connectivity index (χ1n) is 10.1. The molecule has 0 bridgehead atoms. The van der Waals surface area contributed by atoms with E-state index in [0.29, 0.717) is 5.25 Å². The molecule has 0 aliphatic carbocycles. The Kier molecular flexibility index (Phi) is 6.33. The van der Waals surface area contributed by atoms with Crippen LogP contribution >= 0.6 is 11.8 Å². The molecule has 0 fully saturated rings. The van der Waals surface area contributed by atoms with E-state index in [1.165, 1.54) is 21.6 Å². The maximum absolute atomic E-state index is 10.8. The number of carbonyl (C=O) groups is 1. The van der Waals surface area contributed by atoms with Gasteiger partial charge < -0.3 is 14.6 Å². The van der Waals surface area contributed by atoms with Crippen LogP contribution in [0.4, 0.5) is 0 Å². The van der Waals surface area contributed by atoms with E-state index in [1.54, 1.807) is 20.3 Å². The summed E-state index contributed by atoms with van der Waals surface area (Å²) in [5, 5.41) is 9.16. The fraction of sp³-hybridized carbons (Fsp3) is 0.192. The number of carboxylic acid groups (broad SMARTS) is 1. The molecule has 0 radical (unpaired) electrons. The molecule has 0 saturated carbocycles. The molecule has 3 aromatic carbocycles. The van der Waals surface area contributed by atoms with E-state index < -0.39 is 5.97 Å². The van der Waals surface area contributed by atoms with Crippen LogP contribution in [0.5, 0.6) is 11.5 Å². The summed E-state index contributed by atoms with van der Waals surface area (Å²) in [5.41, 5.74) is 4.66. The Bertz CT molecular complexity index is 1090. The topological polar surface area (TPSA) is 55.8 Å². The summed E-state index contributed by atoms with van der Waals surface area (Å²) in [6, 6.07) is 22.7. The zero-order valence-corrected chi connectivity index (χ0v) is 18.3. The Labute approximate surface area is 186 Å². The molecule has 0 amide bonds. The summed E-state index contributed by atoms with van der Waals surface area (Å²) >= 11 is 1.87. The van der Waals surface area contributed by atoms with Gasteiger partial charge in [-0.25, -0.2) is 4.79 Å². The molecule has 3 aromatic rings. The second-order valence-electron chi connectivity index (χ2n) is 7.41. The minimum absolute atomic E-state index is 0.242. The van der Waals surface area contributed by atoms with Gasteiger partial charge in [0.1, 0.15) is 11.5 Å². The molecule has 158 valence electrons. The zero-order valence-electron chi connectivity index (χ0n) is 17.4. The van der Waals surface area contributed by atoms with Gasteiger partial charge in [0, 0.05) is 22.1 Å². The van der Waals surface area contributed by atoms with Gasteiger partial charge in [0.2, 0.25) is 0 Å². The van der Waals surface area contributed by atoms with Crippen molar-refractivity contribution in [3.05, 3.63) is 95.1 Å². The van der Waals surface area contributed by atoms with Gasteiger partial charge in [0.25, 0.3) is 0 Å². The Morgan fingerprint density at radius 3 is 2.23 bits per heavy atom. The van der Waals surface area contributed by atoms with Crippen molar-refractivity contribution < 1.29 is 19.4 Å². The van der Waals surface area contributed by atoms with E-state index in [9.17, 15) is 4.79 Å². The smallest absolute Gasteiger partial charge is 0.328 e. The lowest BCUT2D eigenvalue weighted by atomic mass is 9.85. The van der Waals surface area contributed by atoms with E-state index >= 15 is 0 Å². The molecule has 4 rings (SSSR count). The highest BCUT2D eigenvalue weighted by molar-refractivity contribution is 7.99. The van der Waals surface area contributed by atoms with Crippen LogP contribution in [0.3, 0.4) is 0 Å². The highest BCUT2D eigenvalue weighted by atomic mass is 32.2. The maximum Gasteiger partial charge on any atom is 0.328 e. The number of aliphatic carboxylic acids is 1. The van der Waals surface area contributed by atoms with Crippen molar-refractivity contribution in [2.75, 3.05) is 14.2 Å².